The molecule has 3 heteroatoms. The predicted octanol–water partition coefficient (Wildman–Crippen LogP) is 3.98. The molecule has 0 saturated heterocycles. The van der Waals surface area contributed by atoms with Gasteiger partial charge in [0.15, 0.2) is 0 Å². The molecule has 100 valence electrons. The van der Waals surface area contributed by atoms with Crippen LogP contribution in [-0.4, -0.2) is 0 Å². The van der Waals surface area contributed by atoms with Gasteiger partial charge in [-0.25, -0.2) is 0 Å². The average molecular weight is 267 g/mol. The first kappa shape index (κ1) is 13.9. The molecule has 1 saturated carbocycles. The first-order valence-corrected chi connectivity index (χ1v) is 7.21. The van der Waals surface area contributed by atoms with Gasteiger partial charge in [0, 0.05) is 11.1 Å². The number of hydrazine groups is 1. The Kier molecular flexibility index (Phi) is 4.66. The number of hydrogen-bond donors (Lipinski definition) is 2. The van der Waals surface area contributed by atoms with Crippen LogP contribution in [0.1, 0.15) is 49.8 Å². The van der Waals surface area contributed by atoms with Crippen molar-refractivity contribution >= 4 is 11.6 Å². The molecule has 0 spiro atoms. The van der Waals surface area contributed by atoms with E-state index >= 15 is 0 Å². The second-order valence-corrected chi connectivity index (χ2v) is 6.11. The fourth-order valence-electron chi connectivity index (χ4n) is 3.25. The van der Waals surface area contributed by atoms with Crippen molar-refractivity contribution in [2.24, 2.45) is 17.7 Å². The Bertz CT molecular complexity index is 405. The normalized spacial score (nSPS) is 26.0. The zero-order chi connectivity index (χ0) is 13.1. The van der Waals surface area contributed by atoms with Crippen LogP contribution in [0.15, 0.2) is 18.2 Å². The Morgan fingerprint density at radius 1 is 1.39 bits per heavy atom. The van der Waals surface area contributed by atoms with Gasteiger partial charge in [-0.1, -0.05) is 37.4 Å². The number of nitrogens with two attached hydrogens (primary N) is 1. The molecule has 1 aromatic rings. The maximum Gasteiger partial charge on any atom is 0.0490 e. The Morgan fingerprint density at radius 2 is 2.17 bits per heavy atom. The van der Waals surface area contributed by atoms with E-state index in [1.165, 1.54) is 36.8 Å². The molecule has 1 aliphatic rings. The highest BCUT2D eigenvalue weighted by Crippen LogP contribution is 2.37. The molecule has 0 aliphatic heterocycles. The van der Waals surface area contributed by atoms with Gasteiger partial charge >= 0.3 is 0 Å². The van der Waals surface area contributed by atoms with E-state index in [-0.39, 0.29) is 6.04 Å². The molecule has 18 heavy (non-hydrogen) atoms. The zero-order valence-corrected chi connectivity index (χ0v) is 12.0. The van der Waals surface area contributed by atoms with E-state index in [2.05, 4.69) is 25.3 Å². The van der Waals surface area contributed by atoms with E-state index < -0.39 is 0 Å². The second-order valence-electron chi connectivity index (χ2n) is 5.68. The first-order chi connectivity index (χ1) is 8.61. The molecule has 1 aliphatic carbocycles. The summed E-state index contributed by atoms with van der Waals surface area (Å²) in [5, 5.41) is 0.795. The van der Waals surface area contributed by atoms with Crippen molar-refractivity contribution in [3.05, 3.63) is 34.3 Å². The maximum absolute atomic E-state index is 6.02. The van der Waals surface area contributed by atoms with Crippen LogP contribution >= 0.6 is 11.6 Å². The Hall–Kier alpha value is -0.570. The summed E-state index contributed by atoms with van der Waals surface area (Å²) in [5.74, 6) is 7.25. The van der Waals surface area contributed by atoms with Gasteiger partial charge in [0.2, 0.25) is 0 Å². The van der Waals surface area contributed by atoms with Crippen molar-refractivity contribution in [2.75, 3.05) is 0 Å². The number of nitrogens with one attached hydrogen (secondary N) is 1. The van der Waals surface area contributed by atoms with Crippen molar-refractivity contribution in [1.29, 1.82) is 0 Å². The van der Waals surface area contributed by atoms with Gasteiger partial charge in [-0.05, 0) is 54.9 Å². The van der Waals surface area contributed by atoms with Crippen molar-refractivity contribution in [2.45, 2.75) is 45.6 Å². The molecule has 3 N–H and O–H groups in total. The quantitative estimate of drug-likeness (QED) is 0.642. The minimum atomic E-state index is 0.255. The fourth-order valence-corrected chi connectivity index (χ4v) is 3.48. The molecule has 0 aromatic heterocycles. The van der Waals surface area contributed by atoms with Gasteiger partial charge in [0.1, 0.15) is 0 Å². The van der Waals surface area contributed by atoms with Gasteiger partial charge in [0.05, 0.1) is 0 Å². The number of aryl methyl sites for hydroxylation is 1. The van der Waals surface area contributed by atoms with Crippen molar-refractivity contribution in [3.8, 4) is 0 Å². The molecule has 0 amide bonds. The third-order valence-electron chi connectivity index (χ3n) is 4.19. The predicted molar refractivity (Wildman–Crippen MR) is 77.4 cm³/mol. The highest BCUT2D eigenvalue weighted by atomic mass is 35.5. The van der Waals surface area contributed by atoms with Crippen LogP contribution in [0.4, 0.5) is 0 Å². The molecular weight excluding hydrogens is 244 g/mol. The third kappa shape index (κ3) is 3.05. The Labute approximate surface area is 115 Å². The molecule has 0 heterocycles. The Morgan fingerprint density at radius 3 is 2.78 bits per heavy atom. The molecule has 1 aromatic carbocycles. The lowest BCUT2D eigenvalue weighted by atomic mass is 9.76. The van der Waals surface area contributed by atoms with Crippen LogP contribution in [-0.2, 0) is 0 Å². The molecule has 2 nitrogen and oxygen atoms in total. The summed E-state index contributed by atoms with van der Waals surface area (Å²) in [6.45, 7) is 4.45. The molecule has 3 atom stereocenters. The summed E-state index contributed by atoms with van der Waals surface area (Å²) in [5.41, 5.74) is 5.54. The second kappa shape index (κ2) is 6.05. The largest absolute Gasteiger partial charge is 0.271 e. The van der Waals surface area contributed by atoms with Crippen LogP contribution in [0.2, 0.25) is 5.02 Å². The monoisotopic (exact) mass is 266 g/mol. The molecule has 0 radical (unpaired) electrons. The number of halogens is 1. The zero-order valence-electron chi connectivity index (χ0n) is 11.2. The minimum absolute atomic E-state index is 0.255. The van der Waals surface area contributed by atoms with Crippen molar-refractivity contribution in [1.82, 2.24) is 5.43 Å². The highest BCUT2D eigenvalue weighted by Gasteiger charge is 2.27. The topological polar surface area (TPSA) is 38.0 Å². The number of benzene rings is 1. The fraction of sp³-hybridized carbons (Fsp3) is 0.600. The lowest BCUT2D eigenvalue weighted by molar-refractivity contribution is 0.224. The van der Waals surface area contributed by atoms with Gasteiger partial charge in [-0.3, -0.25) is 11.3 Å². The van der Waals surface area contributed by atoms with Crippen molar-refractivity contribution < 1.29 is 0 Å². The lowest BCUT2D eigenvalue weighted by Crippen LogP contribution is -2.36. The smallest absolute Gasteiger partial charge is 0.0490 e. The van der Waals surface area contributed by atoms with Crippen molar-refractivity contribution in [3.63, 3.8) is 0 Å². The van der Waals surface area contributed by atoms with Crippen LogP contribution in [0.3, 0.4) is 0 Å². The van der Waals surface area contributed by atoms with E-state index in [1.807, 2.05) is 12.1 Å². The summed E-state index contributed by atoms with van der Waals surface area (Å²) in [7, 11) is 0. The van der Waals surface area contributed by atoms with Crippen LogP contribution in [0.25, 0.3) is 0 Å². The maximum atomic E-state index is 6.02. The highest BCUT2D eigenvalue weighted by molar-refractivity contribution is 6.30. The van der Waals surface area contributed by atoms with Gasteiger partial charge in [0.25, 0.3) is 0 Å². The van der Waals surface area contributed by atoms with Crippen LogP contribution in [0.5, 0.6) is 0 Å². The summed E-state index contributed by atoms with van der Waals surface area (Å²) >= 11 is 6.02. The average Bonchev–Trinajstić information content (AvgIpc) is 2.33. The van der Waals surface area contributed by atoms with E-state index in [0.29, 0.717) is 5.92 Å². The standard InChI is InChI=1S/C15H23ClN2/c1-10-4-3-5-12(8-10)15(18-17)14-7-6-13(16)9-11(14)2/h6-7,9-10,12,15,18H,3-5,8,17H2,1-2H3. The van der Waals surface area contributed by atoms with Gasteiger partial charge in [-0.2, -0.15) is 0 Å². The minimum Gasteiger partial charge on any atom is -0.271 e. The Balaban J connectivity index is 2.21. The van der Waals surface area contributed by atoms with Gasteiger partial charge < -0.3 is 0 Å². The summed E-state index contributed by atoms with van der Waals surface area (Å²) in [6, 6.07) is 6.35. The number of hydrogen-bond acceptors (Lipinski definition) is 2. The van der Waals surface area contributed by atoms with E-state index in [1.54, 1.807) is 0 Å². The molecule has 2 rings (SSSR count). The summed E-state index contributed by atoms with van der Waals surface area (Å²) < 4.78 is 0. The van der Waals surface area contributed by atoms with E-state index in [0.717, 1.165) is 10.9 Å². The van der Waals surface area contributed by atoms with Gasteiger partial charge in [-0.15, -0.1) is 0 Å². The SMILES string of the molecule is Cc1cc(Cl)ccc1C(NN)C1CCCC(C)C1. The molecule has 3 unspecified atom stereocenters. The van der Waals surface area contributed by atoms with Crippen LogP contribution in [0, 0.1) is 18.8 Å². The first-order valence-electron chi connectivity index (χ1n) is 6.84. The third-order valence-corrected chi connectivity index (χ3v) is 4.43. The molecule has 0 bridgehead atoms. The molecular formula is C15H23ClN2. The summed E-state index contributed by atoms with van der Waals surface area (Å²) in [4.78, 5) is 0. The summed E-state index contributed by atoms with van der Waals surface area (Å²) in [6.07, 6.45) is 5.20. The van der Waals surface area contributed by atoms with E-state index in [4.69, 9.17) is 17.4 Å². The molecule has 1 fully saturated rings. The number of rotatable bonds is 3. The lowest BCUT2D eigenvalue weighted by Gasteiger charge is -2.33. The van der Waals surface area contributed by atoms with Crippen LogP contribution < -0.4 is 11.3 Å². The van der Waals surface area contributed by atoms with E-state index in [9.17, 15) is 0 Å².